The van der Waals surface area contributed by atoms with E-state index >= 15 is 0 Å². The van der Waals surface area contributed by atoms with E-state index in [-0.39, 0.29) is 29.6 Å². The zero-order valence-corrected chi connectivity index (χ0v) is 14.5. The molecule has 4 fully saturated rings. The summed E-state index contributed by atoms with van der Waals surface area (Å²) in [4.78, 5) is 34.9. The first-order valence-corrected chi connectivity index (χ1v) is 9.42. The van der Waals surface area contributed by atoms with Crippen molar-refractivity contribution < 1.29 is 29.7 Å². The van der Waals surface area contributed by atoms with Crippen LogP contribution >= 0.6 is 0 Å². The second kappa shape index (κ2) is 5.45. The molecule has 4 aliphatic carbocycles. The summed E-state index contributed by atoms with van der Waals surface area (Å²) < 4.78 is 0. The SMILES string of the molecule is CC(C(=O)O)C(C(=O)O)C1C(C)C2CC1C1C3CC(C(=O)O)C(C3)C21. The summed E-state index contributed by atoms with van der Waals surface area (Å²) in [6, 6.07) is 0. The van der Waals surface area contributed by atoms with Gasteiger partial charge in [-0.2, -0.15) is 0 Å². The van der Waals surface area contributed by atoms with Crippen LogP contribution in [0.25, 0.3) is 0 Å². The van der Waals surface area contributed by atoms with Crippen molar-refractivity contribution in [2.75, 3.05) is 0 Å². The van der Waals surface area contributed by atoms with Crippen LogP contribution in [0.2, 0.25) is 0 Å². The van der Waals surface area contributed by atoms with Gasteiger partial charge in [0, 0.05) is 0 Å². The summed E-state index contributed by atoms with van der Waals surface area (Å²) in [7, 11) is 0. The molecule has 6 nitrogen and oxygen atoms in total. The van der Waals surface area contributed by atoms with Crippen LogP contribution in [0.5, 0.6) is 0 Å². The third-order valence-corrected chi connectivity index (χ3v) is 8.39. The van der Waals surface area contributed by atoms with Crippen LogP contribution in [0.15, 0.2) is 0 Å². The van der Waals surface area contributed by atoms with Crippen molar-refractivity contribution in [2.45, 2.75) is 33.1 Å². The van der Waals surface area contributed by atoms with Crippen LogP contribution < -0.4 is 0 Å². The van der Waals surface area contributed by atoms with E-state index in [9.17, 15) is 29.7 Å². The van der Waals surface area contributed by atoms with Crippen LogP contribution in [-0.2, 0) is 14.4 Å². The summed E-state index contributed by atoms with van der Waals surface area (Å²) in [5, 5.41) is 28.6. The number of rotatable bonds is 5. The maximum Gasteiger partial charge on any atom is 0.307 e. The molecular weight excluding hydrogens is 324 g/mol. The lowest BCUT2D eigenvalue weighted by Gasteiger charge is -2.45. The van der Waals surface area contributed by atoms with E-state index in [1.807, 2.05) is 0 Å². The Morgan fingerprint density at radius 2 is 1.56 bits per heavy atom. The molecule has 25 heavy (non-hydrogen) atoms. The quantitative estimate of drug-likeness (QED) is 0.656. The van der Waals surface area contributed by atoms with Crippen LogP contribution in [0.3, 0.4) is 0 Å². The van der Waals surface area contributed by atoms with E-state index in [2.05, 4.69) is 6.92 Å². The molecule has 11 atom stereocenters. The van der Waals surface area contributed by atoms with Crippen molar-refractivity contribution in [2.24, 2.45) is 65.1 Å². The molecule has 0 aromatic heterocycles. The Kier molecular flexibility index (Phi) is 3.68. The van der Waals surface area contributed by atoms with Gasteiger partial charge in [-0.1, -0.05) is 13.8 Å². The highest BCUT2D eigenvalue weighted by molar-refractivity contribution is 5.80. The third-order valence-electron chi connectivity index (χ3n) is 8.39. The van der Waals surface area contributed by atoms with Crippen LogP contribution in [0, 0.1) is 65.1 Å². The van der Waals surface area contributed by atoms with Crippen LogP contribution in [-0.4, -0.2) is 33.2 Å². The largest absolute Gasteiger partial charge is 0.481 e. The summed E-state index contributed by atoms with van der Waals surface area (Å²) in [5.41, 5.74) is 0. The Morgan fingerprint density at radius 3 is 2.12 bits per heavy atom. The maximum absolute atomic E-state index is 11.9. The zero-order valence-electron chi connectivity index (χ0n) is 14.5. The molecule has 11 unspecified atom stereocenters. The van der Waals surface area contributed by atoms with Crippen molar-refractivity contribution in [3.05, 3.63) is 0 Å². The van der Waals surface area contributed by atoms with Gasteiger partial charge in [0.25, 0.3) is 0 Å². The van der Waals surface area contributed by atoms with Crippen molar-refractivity contribution in [3.8, 4) is 0 Å². The summed E-state index contributed by atoms with van der Waals surface area (Å²) in [5.74, 6) is -2.59. The topological polar surface area (TPSA) is 112 Å². The van der Waals surface area contributed by atoms with Gasteiger partial charge in [-0.15, -0.1) is 0 Å². The number of hydrogen-bond donors (Lipinski definition) is 3. The highest BCUT2D eigenvalue weighted by Gasteiger charge is 2.69. The van der Waals surface area contributed by atoms with Gasteiger partial charge >= 0.3 is 17.9 Å². The first kappa shape index (κ1) is 16.9. The molecule has 4 saturated carbocycles. The highest BCUT2D eigenvalue weighted by atomic mass is 16.4. The standard InChI is InChI=1S/C19H26O6/c1-6-9-5-12(13(6)14(19(24)25)7(2)17(20)21)15-8-3-10(16(9)15)11(4-8)18(22)23/h6-16H,3-5H2,1-2H3,(H,20,21)(H,22,23)(H,24,25). The molecule has 0 amide bonds. The molecule has 0 heterocycles. The summed E-state index contributed by atoms with van der Waals surface area (Å²) in [6.07, 6.45) is 2.64. The van der Waals surface area contributed by atoms with E-state index in [0.717, 1.165) is 19.3 Å². The molecule has 4 bridgehead atoms. The molecule has 0 aliphatic heterocycles. The Bertz CT molecular complexity index is 629. The molecule has 0 aromatic rings. The molecule has 6 heteroatoms. The molecule has 0 aromatic carbocycles. The first-order valence-electron chi connectivity index (χ1n) is 9.42. The maximum atomic E-state index is 11.9. The van der Waals surface area contributed by atoms with Crippen molar-refractivity contribution >= 4 is 17.9 Å². The molecule has 4 rings (SSSR count). The predicted molar refractivity (Wildman–Crippen MR) is 86.5 cm³/mol. The second-order valence-corrected chi connectivity index (χ2v) is 8.99. The fourth-order valence-electron chi connectivity index (χ4n) is 7.71. The minimum absolute atomic E-state index is 0.0996. The molecule has 138 valence electrons. The molecule has 0 spiro atoms. The number of carbonyl (C=O) groups is 3. The van der Waals surface area contributed by atoms with Gasteiger partial charge in [-0.3, -0.25) is 14.4 Å². The molecule has 3 N–H and O–H groups in total. The summed E-state index contributed by atoms with van der Waals surface area (Å²) in [6.45, 7) is 3.58. The number of aliphatic carboxylic acids is 3. The number of hydrogen-bond acceptors (Lipinski definition) is 3. The van der Waals surface area contributed by atoms with E-state index in [4.69, 9.17) is 0 Å². The molecule has 4 aliphatic rings. The fourth-order valence-corrected chi connectivity index (χ4v) is 7.71. The normalized spacial score (nSPS) is 49.0. The first-order chi connectivity index (χ1) is 11.7. The van der Waals surface area contributed by atoms with E-state index < -0.39 is 29.7 Å². The van der Waals surface area contributed by atoms with Crippen molar-refractivity contribution in [3.63, 3.8) is 0 Å². The number of carboxylic acid groups (broad SMARTS) is 3. The minimum Gasteiger partial charge on any atom is -0.481 e. The highest BCUT2D eigenvalue weighted by Crippen LogP contribution is 2.72. The lowest BCUT2D eigenvalue weighted by atomic mass is 9.58. The van der Waals surface area contributed by atoms with Crippen LogP contribution in [0.4, 0.5) is 0 Å². The molecular formula is C19H26O6. The van der Waals surface area contributed by atoms with Gasteiger partial charge in [0.1, 0.15) is 0 Å². The fraction of sp³-hybridized carbons (Fsp3) is 0.842. The van der Waals surface area contributed by atoms with Gasteiger partial charge in [-0.05, 0) is 66.6 Å². The monoisotopic (exact) mass is 350 g/mol. The summed E-state index contributed by atoms with van der Waals surface area (Å²) >= 11 is 0. The van der Waals surface area contributed by atoms with Crippen molar-refractivity contribution in [1.29, 1.82) is 0 Å². The van der Waals surface area contributed by atoms with Gasteiger partial charge in [0.2, 0.25) is 0 Å². The number of carboxylic acids is 3. The molecule has 0 radical (unpaired) electrons. The van der Waals surface area contributed by atoms with E-state index in [1.54, 1.807) is 0 Å². The van der Waals surface area contributed by atoms with Crippen molar-refractivity contribution in [1.82, 2.24) is 0 Å². The van der Waals surface area contributed by atoms with Crippen LogP contribution in [0.1, 0.15) is 33.1 Å². The van der Waals surface area contributed by atoms with Gasteiger partial charge in [0.15, 0.2) is 0 Å². The van der Waals surface area contributed by atoms with Gasteiger partial charge < -0.3 is 15.3 Å². The van der Waals surface area contributed by atoms with Gasteiger partial charge in [0.05, 0.1) is 17.8 Å². The van der Waals surface area contributed by atoms with E-state index in [0.29, 0.717) is 23.7 Å². The average molecular weight is 350 g/mol. The second-order valence-electron chi connectivity index (χ2n) is 8.99. The lowest BCUT2D eigenvalue weighted by Crippen LogP contribution is -2.46. The Morgan fingerprint density at radius 1 is 0.880 bits per heavy atom. The van der Waals surface area contributed by atoms with E-state index in [1.165, 1.54) is 6.92 Å². The predicted octanol–water partition coefficient (Wildman–Crippen LogP) is 2.28. The lowest BCUT2D eigenvalue weighted by molar-refractivity contribution is -0.159. The zero-order chi connectivity index (χ0) is 18.2. The third kappa shape index (κ3) is 2.12. The Hall–Kier alpha value is -1.59. The Balaban J connectivity index is 1.63. The molecule has 0 saturated heterocycles. The Labute approximate surface area is 146 Å². The smallest absolute Gasteiger partial charge is 0.307 e. The minimum atomic E-state index is -1.04. The van der Waals surface area contributed by atoms with Gasteiger partial charge in [-0.25, -0.2) is 0 Å². The average Bonchev–Trinajstić information content (AvgIpc) is 3.24. The number of fused-ring (bicyclic) bond motifs is 9.